The van der Waals surface area contributed by atoms with E-state index in [9.17, 15) is 9.90 Å². The third-order valence-corrected chi connectivity index (χ3v) is 4.20. The summed E-state index contributed by atoms with van der Waals surface area (Å²) in [6.07, 6.45) is 0. The number of ether oxygens (including phenoxy) is 1. The highest BCUT2D eigenvalue weighted by atomic mass is 16.5. The van der Waals surface area contributed by atoms with Gasteiger partial charge >= 0.3 is 0 Å². The van der Waals surface area contributed by atoms with Crippen LogP contribution in [-0.2, 0) is 5.41 Å². The Labute approximate surface area is 180 Å². The first-order valence-corrected chi connectivity index (χ1v) is 10.3. The average Bonchev–Trinajstić information content (AvgIpc) is 2.69. The Morgan fingerprint density at radius 2 is 1.10 bits per heavy atom. The zero-order valence-corrected chi connectivity index (χ0v) is 18.8. The number of carbonyl (C=O) groups excluding carboxylic acids is 1. The van der Waals surface area contributed by atoms with Crippen LogP contribution in [0.15, 0.2) is 72.8 Å². The van der Waals surface area contributed by atoms with Crippen LogP contribution in [0.25, 0.3) is 0 Å². The summed E-state index contributed by atoms with van der Waals surface area (Å²) in [4.78, 5) is 12.6. The lowest BCUT2D eigenvalue weighted by molar-refractivity contribution is 0.103. The highest BCUT2D eigenvalue weighted by Crippen LogP contribution is 2.25. The van der Waals surface area contributed by atoms with Gasteiger partial charge in [-0.15, -0.1) is 0 Å². The monoisotopic (exact) mass is 404 g/mol. The number of benzene rings is 3. The van der Waals surface area contributed by atoms with Gasteiger partial charge in [-0.1, -0.05) is 65.8 Å². The van der Waals surface area contributed by atoms with E-state index in [-0.39, 0.29) is 16.9 Å². The van der Waals surface area contributed by atoms with Crippen molar-refractivity contribution in [3.63, 3.8) is 0 Å². The summed E-state index contributed by atoms with van der Waals surface area (Å²) in [5.74, 6) is 2.27. The maximum Gasteiger partial charge on any atom is 0.193 e. The number of phenolic OH excluding ortho intramolecular Hbond substituents is 1. The Bertz CT molecular complexity index is 927. The lowest BCUT2D eigenvalue weighted by atomic mass is 9.86. The minimum absolute atomic E-state index is 0.0124. The summed E-state index contributed by atoms with van der Waals surface area (Å²) in [6.45, 7) is 12.9. The molecule has 0 saturated carbocycles. The Balaban J connectivity index is 0.000000735. The largest absolute Gasteiger partial charge is 0.508 e. The summed E-state index contributed by atoms with van der Waals surface area (Å²) in [7, 11) is 0. The van der Waals surface area contributed by atoms with Crippen LogP contribution in [0.2, 0.25) is 0 Å². The molecule has 0 aromatic heterocycles. The third-order valence-electron chi connectivity index (χ3n) is 4.20. The van der Waals surface area contributed by atoms with Crippen LogP contribution in [0.3, 0.4) is 0 Å². The van der Waals surface area contributed by atoms with E-state index in [1.807, 2.05) is 24.3 Å². The molecule has 158 valence electrons. The maximum absolute atomic E-state index is 12.6. The van der Waals surface area contributed by atoms with E-state index in [4.69, 9.17) is 4.74 Å². The van der Waals surface area contributed by atoms with E-state index in [1.54, 1.807) is 48.5 Å². The molecule has 0 radical (unpaired) electrons. The number of hydrogen-bond acceptors (Lipinski definition) is 3. The number of ketones is 1. The van der Waals surface area contributed by atoms with E-state index >= 15 is 0 Å². The molecule has 0 amide bonds. The molecule has 0 spiro atoms. The normalized spacial score (nSPS) is 10.9. The smallest absolute Gasteiger partial charge is 0.193 e. The van der Waals surface area contributed by atoms with E-state index in [0.717, 1.165) is 5.92 Å². The van der Waals surface area contributed by atoms with Crippen molar-refractivity contribution in [2.45, 2.75) is 47.0 Å². The summed E-state index contributed by atoms with van der Waals surface area (Å²) in [6, 6.07) is 21.3. The van der Waals surface area contributed by atoms with Gasteiger partial charge in [0, 0.05) is 11.1 Å². The van der Waals surface area contributed by atoms with Crippen LogP contribution in [0, 0.1) is 5.92 Å². The first-order valence-electron chi connectivity index (χ1n) is 10.3. The van der Waals surface area contributed by atoms with Crippen molar-refractivity contribution in [3.05, 3.63) is 89.5 Å². The lowest BCUT2D eigenvalue weighted by Crippen LogP contribution is -2.11. The molecule has 3 heteroatoms. The van der Waals surface area contributed by atoms with Crippen molar-refractivity contribution in [1.82, 2.24) is 0 Å². The van der Waals surface area contributed by atoms with Crippen molar-refractivity contribution in [2.24, 2.45) is 5.92 Å². The van der Waals surface area contributed by atoms with Gasteiger partial charge in [-0.3, -0.25) is 4.79 Å². The zero-order valence-electron chi connectivity index (χ0n) is 18.8. The fourth-order valence-corrected chi connectivity index (χ4v) is 2.61. The standard InChI is InChI=1S/C23H22O3.C4H10/c1-23(2,3)18-8-4-16(5-9-18)22(25)17-6-12-20(13-7-17)26-21-14-10-19(24)11-15-21;1-4(2)3/h4-15,24H,1-3H3;4H,1-3H3. The van der Waals surface area contributed by atoms with Crippen molar-refractivity contribution >= 4 is 5.78 Å². The second-order valence-electron chi connectivity index (χ2n) is 9.01. The predicted molar refractivity (Wildman–Crippen MR) is 124 cm³/mol. The Kier molecular flexibility index (Phi) is 7.82. The molecular weight excluding hydrogens is 372 g/mol. The molecule has 0 aliphatic carbocycles. The molecule has 3 aromatic rings. The molecule has 3 aromatic carbocycles. The van der Waals surface area contributed by atoms with Gasteiger partial charge in [-0.05, 0) is 65.4 Å². The molecule has 0 aliphatic heterocycles. The number of phenols is 1. The molecule has 0 aliphatic rings. The molecule has 3 nitrogen and oxygen atoms in total. The molecule has 1 N–H and O–H groups in total. The average molecular weight is 405 g/mol. The number of rotatable bonds is 4. The van der Waals surface area contributed by atoms with Crippen LogP contribution in [-0.4, -0.2) is 10.9 Å². The maximum atomic E-state index is 12.6. The van der Waals surface area contributed by atoms with E-state index in [0.29, 0.717) is 22.6 Å². The molecule has 0 bridgehead atoms. The van der Waals surface area contributed by atoms with Gasteiger partial charge in [0.25, 0.3) is 0 Å². The molecule has 3 rings (SSSR count). The highest BCUT2D eigenvalue weighted by Gasteiger charge is 2.15. The van der Waals surface area contributed by atoms with Gasteiger partial charge in [0.2, 0.25) is 0 Å². The van der Waals surface area contributed by atoms with Gasteiger partial charge in [0.15, 0.2) is 5.78 Å². The van der Waals surface area contributed by atoms with Gasteiger partial charge in [0.1, 0.15) is 17.2 Å². The number of hydrogen-bond donors (Lipinski definition) is 1. The second-order valence-corrected chi connectivity index (χ2v) is 9.01. The van der Waals surface area contributed by atoms with E-state index in [1.165, 1.54) is 5.56 Å². The Hall–Kier alpha value is -3.07. The van der Waals surface area contributed by atoms with Crippen molar-refractivity contribution in [3.8, 4) is 17.2 Å². The molecule has 0 unspecified atom stereocenters. The quantitative estimate of drug-likeness (QED) is 0.462. The fourth-order valence-electron chi connectivity index (χ4n) is 2.61. The Morgan fingerprint density at radius 1 is 0.733 bits per heavy atom. The van der Waals surface area contributed by atoms with Crippen LogP contribution in [0.4, 0.5) is 0 Å². The summed E-state index contributed by atoms with van der Waals surface area (Å²) >= 11 is 0. The molecule has 0 heterocycles. The van der Waals surface area contributed by atoms with Gasteiger partial charge in [0.05, 0.1) is 0 Å². The molecule has 30 heavy (non-hydrogen) atoms. The molecule has 0 saturated heterocycles. The summed E-state index contributed by atoms with van der Waals surface area (Å²) in [5, 5.41) is 9.30. The SMILES string of the molecule is CC(C)(C)c1ccc(C(=O)c2ccc(Oc3ccc(O)cc3)cc2)cc1.CC(C)C. The third kappa shape index (κ3) is 7.07. The molecule has 0 atom stereocenters. The van der Waals surface area contributed by atoms with Crippen LogP contribution in [0.5, 0.6) is 17.2 Å². The van der Waals surface area contributed by atoms with E-state index < -0.39 is 0 Å². The summed E-state index contributed by atoms with van der Waals surface area (Å²) < 4.78 is 5.70. The number of carbonyl (C=O) groups is 1. The fraction of sp³-hybridized carbons (Fsp3) is 0.296. The predicted octanol–water partition coefficient (Wildman–Crippen LogP) is 7.38. The molecule has 0 fully saturated rings. The van der Waals surface area contributed by atoms with Crippen LogP contribution < -0.4 is 4.74 Å². The lowest BCUT2D eigenvalue weighted by Gasteiger charge is -2.19. The van der Waals surface area contributed by atoms with Crippen LogP contribution >= 0.6 is 0 Å². The van der Waals surface area contributed by atoms with E-state index in [2.05, 4.69) is 41.5 Å². The zero-order chi connectivity index (χ0) is 22.3. The van der Waals surface area contributed by atoms with Crippen molar-refractivity contribution in [1.29, 1.82) is 0 Å². The van der Waals surface area contributed by atoms with Crippen molar-refractivity contribution < 1.29 is 14.6 Å². The number of aromatic hydroxyl groups is 1. The molecular formula is C27H32O3. The first kappa shape index (κ1) is 23.2. The first-order chi connectivity index (χ1) is 14.1. The van der Waals surface area contributed by atoms with Crippen molar-refractivity contribution in [2.75, 3.05) is 0 Å². The summed E-state index contributed by atoms with van der Waals surface area (Å²) in [5.41, 5.74) is 2.55. The highest BCUT2D eigenvalue weighted by molar-refractivity contribution is 6.09. The minimum atomic E-state index is -0.0124. The van der Waals surface area contributed by atoms with Gasteiger partial charge in [-0.2, -0.15) is 0 Å². The topological polar surface area (TPSA) is 46.5 Å². The second kappa shape index (κ2) is 10.1. The van der Waals surface area contributed by atoms with Crippen LogP contribution in [0.1, 0.15) is 63.0 Å². The van der Waals surface area contributed by atoms with Gasteiger partial charge < -0.3 is 9.84 Å². The minimum Gasteiger partial charge on any atom is -0.508 e. The van der Waals surface area contributed by atoms with Gasteiger partial charge in [-0.25, -0.2) is 0 Å². The Morgan fingerprint density at radius 3 is 1.50 bits per heavy atom.